The molecule has 0 atom stereocenters. The second kappa shape index (κ2) is 6.48. The number of hydrogen-bond donors (Lipinski definition) is 2. The Morgan fingerprint density at radius 2 is 2.07 bits per heavy atom. The summed E-state index contributed by atoms with van der Waals surface area (Å²) in [6.07, 6.45) is 2.04. The Kier molecular flexibility index (Phi) is 5.21. The summed E-state index contributed by atoms with van der Waals surface area (Å²) in [7, 11) is 0. The van der Waals surface area contributed by atoms with Crippen LogP contribution in [0, 0.1) is 0 Å². The Labute approximate surface area is 93.9 Å². The number of aliphatic hydroxyl groups excluding tert-OH is 1. The molecule has 4 heteroatoms. The first-order valence-electron chi connectivity index (χ1n) is 4.75. The summed E-state index contributed by atoms with van der Waals surface area (Å²) in [5, 5.41) is 11.2. The molecule has 0 saturated heterocycles. The first-order valence-corrected chi connectivity index (χ1v) is 6.14. The quantitative estimate of drug-likeness (QED) is 0.793. The normalized spacial score (nSPS) is 10.0. The molecule has 0 saturated carbocycles. The van der Waals surface area contributed by atoms with Crippen molar-refractivity contribution in [3.05, 3.63) is 35.4 Å². The monoisotopic (exact) mass is 225 g/mol. The summed E-state index contributed by atoms with van der Waals surface area (Å²) >= 11 is 1.75. The highest BCUT2D eigenvalue weighted by atomic mass is 32.2. The molecule has 15 heavy (non-hydrogen) atoms. The van der Waals surface area contributed by atoms with Gasteiger partial charge in [-0.15, -0.1) is 0 Å². The molecule has 0 heterocycles. The maximum atomic E-state index is 11.4. The molecule has 0 fully saturated rings. The van der Waals surface area contributed by atoms with Crippen LogP contribution in [0.4, 0.5) is 0 Å². The second-order valence-electron chi connectivity index (χ2n) is 3.11. The van der Waals surface area contributed by atoms with Gasteiger partial charge in [-0.2, -0.15) is 11.8 Å². The fraction of sp³-hybridized carbons (Fsp3) is 0.364. The zero-order valence-corrected chi connectivity index (χ0v) is 9.51. The predicted octanol–water partition coefficient (Wildman–Crippen LogP) is 1.27. The van der Waals surface area contributed by atoms with Crippen LogP contribution in [-0.2, 0) is 5.75 Å². The van der Waals surface area contributed by atoms with Crippen molar-refractivity contribution in [3.8, 4) is 0 Å². The number of nitrogens with one attached hydrogen (secondary N) is 1. The maximum absolute atomic E-state index is 11.4. The number of carbonyl (C=O) groups is 1. The summed E-state index contributed by atoms with van der Waals surface area (Å²) in [6.45, 7) is 0.266. The van der Waals surface area contributed by atoms with E-state index >= 15 is 0 Å². The lowest BCUT2D eigenvalue weighted by Gasteiger charge is -2.04. The van der Waals surface area contributed by atoms with Crippen molar-refractivity contribution in [3.63, 3.8) is 0 Å². The summed E-state index contributed by atoms with van der Waals surface area (Å²) in [6, 6.07) is 7.51. The zero-order chi connectivity index (χ0) is 11.1. The van der Waals surface area contributed by atoms with E-state index in [4.69, 9.17) is 5.11 Å². The minimum atomic E-state index is -0.139. The maximum Gasteiger partial charge on any atom is 0.251 e. The van der Waals surface area contributed by atoms with Crippen LogP contribution in [0.5, 0.6) is 0 Å². The molecule has 1 aromatic carbocycles. The first kappa shape index (κ1) is 12.1. The number of thioether (sulfide) groups is 1. The van der Waals surface area contributed by atoms with E-state index in [0.29, 0.717) is 12.1 Å². The van der Waals surface area contributed by atoms with Gasteiger partial charge in [-0.05, 0) is 24.0 Å². The molecule has 1 rings (SSSR count). The predicted molar refractivity (Wildman–Crippen MR) is 63.1 cm³/mol. The average molecular weight is 225 g/mol. The first-order chi connectivity index (χ1) is 7.27. The Balaban J connectivity index is 2.58. The largest absolute Gasteiger partial charge is 0.395 e. The lowest BCUT2D eigenvalue weighted by Crippen LogP contribution is -2.26. The Morgan fingerprint density at radius 1 is 1.40 bits per heavy atom. The molecule has 0 aliphatic rings. The van der Waals surface area contributed by atoms with Gasteiger partial charge in [0.25, 0.3) is 5.91 Å². The molecule has 0 aromatic heterocycles. The van der Waals surface area contributed by atoms with E-state index in [-0.39, 0.29) is 12.5 Å². The number of amides is 1. The third kappa shape index (κ3) is 3.93. The molecule has 0 bridgehead atoms. The smallest absolute Gasteiger partial charge is 0.251 e. The SMILES string of the molecule is CSCc1ccc(C(=O)NCCO)cc1. The molecule has 1 amide bonds. The van der Waals surface area contributed by atoms with Crippen molar-refractivity contribution in [1.82, 2.24) is 5.32 Å². The molecule has 0 aliphatic carbocycles. The van der Waals surface area contributed by atoms with E-state index in [1.165, 1.54) is 5.56 Å². The van der Waals surface area contributed by atoms with Crippen LogP contribution in [0.1, 0.15) is 15.9 Å². The van der Waals surface area contributed by atoms with E-state index < -0.39 is 0 Å². The molecule has 82 valence electrons. The van der Waals surface area contributed by atoms with Gasteiger partial charge in [-0.3, -0.25) is 4.79 Å². The van der Waals surface area contributed by atoms with E-state index in [9.17, 15) is 4.79 Å². The van der Waals surface area contributed by atoms with Crippen molar-refractivity contribution in [2.45, 2.75) is 5.75 Å². The molecule has 2 N–H and O–H groups in total. The fourth-order valence-corrected chi connectivity index (χ4v) is 1.72. The van der Waals surface area contributed by atoms with E-state index in [2.05, 4.69) is 5.32 Å². The van der Waals surface area contributed by atoms with Crippen LogP contribution in [0.2, 0.25) is 0 Å². The Bertz CT molecular complexity index is 311. The van der Waals surface area contributed by atoms with Gasteiger partial charge >= 0.3 is 0 Å². The molecular formula is C11H15NO2S. The van der Waals surface area contributed by atoms with E-state index in [0.717, 1.165) is 5.75 Å². The lowest BCUT2D eigenvalue weighted by molar-refractivity contribution is 0.0945. The van der Waals surface area contributed by atoms with Crippen molar-refractivity contribution in [2.24, 2.45) is 0 Å². The molecule has 0 unspecified atom stereocenters. The Morgan fingerprint density at radius 3 is 2.60 bits per heavy atom. The number of rotatable bonds is 5. The van der Waals surface area contributed by atoms with Gasteiger partial charge in [0.2, 0.25) is 0 Å². The van der Waals surface area contributed by atoms with E-state index in [1.807, 2.05) is 18.4 Å². The van der Waals surface area contributed by atoms with Gasteiger partial charge in [0, 0.05) is 17.9 Å². The van der Waals surface area contributed by atoms with Crippen molar-refractivity contribution >= 4 is 17.7 Å². The van der Waals surface area contributed by atoms with Crippen LogP contribution in [-0.4, -0.2) is 30.4 Å². The van der Waals surface area contributed by atoms with Crippen molar-refractivity contribution in [1.29, 1.82) is 0 Å². The third-order valence-corrected chi connectivity index (χ3v) is 2.55. The van der Waals surface area contributed by atoms with E-state index in [1.54, 1.807) is 23.9 Å². The average Bonchev–Trinajstić information content (AvgIpc) is 2.27. The van der Waals surface area contributed by atoms with Gasteiger partial charge < -0.3 is 10.4 Å². The summed E-state index contributed by atoms with van der Waals surface area (Å²) in [5.74, 6) is 0.818. The van der Waals surface area contributed by atoms with Crippen LogP contribution in [0.3, 0.4) is 0 Å². The summed E-state index contributed by atoms with van der Waals surface area (Å²) in [4.78, 5) is 11.4. The van der Waals surface area contributed by atoms with Gasteiger partial charge in [0.15, 0.2) is 0 Å². The number of carbonyl (C=O) groups excluding carboxylic acids is 1. The van der Waals surface area contributed by atoms with Gasteiger partial charge in [0.1, 0.15) is 0 Å². The molecule has 0 spiro atoms. The molecular weight excluding hydrogens is 210 g/mol. The molecule has 0 radical (unpaired) electrons. The highest BCUT2D eigenvalue weighted by Crippen LogP contribution is 2.10. The lowest BCUT2D eigenvalue weighted by atomic mass is 10.1. The molecule has 3 nitrogen and oxygen atoms in total. The van der Waals surface area contributed by atoms with Gasteiger partial charge in [0.05, 0.1) is 6.61 Å². The standard InChI is InChI=1S/C11H15NO2S/c1-15-8-9-2-4-10(5-3-9)11(14)12-6-7-13/h2-5,13H,6-8H2,1H3,(H,12,14). The highest BCUT2D eigenvalue weighted by molar-refractivity contribution is 7.97. The minimum absolute atomic E-state index is 0.0315. The fourth-order valence-electron chi connectivity index (χ4n) is 1.19. The van der Waals surface area contributed by atoms with Crippen molar-refractivity contribution < 1.29 is 9.90 Å². The topological polar surface area (TPSA) is 49.3 Å². The minimum Gasteiger partial charge on any atom is -0.395 e. The second-order valence-corrected chi connectivity index (χ2v) is 3.98. The number of aliphatic hydroxyl groups is 1. The highest BCUT2D eigenvalue weighted by Gasteiger charge is 2.03. The molecule has 0 aliphatic heterocycles. The molecule has 1 aromatic rings. The van der Waals surface area contributed by atoms with Gasteiger partial charge in [-0.25, -0.2) is 0 Å². The van der Waals surface area contributed by atoms with Crippen LogP contribution < -0.4 is 5.32 Å². The van der Waals surface area contributed by atoms with Crippen LogP contribution in [0.15, 0.2) is 24.3 Å². The van der Waals surface area contributed by atoms with Crippen molar-refractivity contribution in [2.75, 3.05) is 19.4 Å². The number of hydrogen-bond acceptors (Lipinski definition) is 3. The third-order valence-electron chi connectivity index (χ3n) is 1.92. The summed E-state index contributed by atoms with van der Waals surface area (Å²) in [5.41, 5.74) is 1.84. The van der Waals surface area contributed by atoms with Crippen LogP contribution >= 0.6 is 11.8 Å². The Hall–Kier alpha value is -1.00. The summed E-state index contributed by atoms with van der Waals surface area (Å²) < 4.78 is 0. The zero-order valence-electron chi connectivity index (χ0n) is 8.69. The van der Waals surface area contributed by atoms with Crippen LogP contribution in [0.25, 0.3) is 0 Å². The van der Waals surface area contributed by atoms with Gasteiger partial charge in [-0.1, -0.05) is 12.1 Å². The number of benzene rings is 1.